The fourth-order valence-electron chi connectivity index (χ4n) is 2.68. The van der Waals surface area contributed by atoms with Gasteiger partial charge in [0.25, 0.3) is 0 Å². The summed E-state index contributed by atoms with van der Waals surface area (Å²) in [6, 6.07) is 10.3. The van der Waals surface area contributed by atoms with E-state index in [1.807, 2.05) is 0 Å². The van der Waals surface area contributed by atoms with Gasteiger partial charge in [0.15, 0.2) is 11.5 Å². The molecule has 0 aliphatic carbocycles. The van der Waals surface area contributed by atoms with E-state index in [1.165, 1.54) is 31.4 Å². The molecule has 0 saturated heterocycles. The molecule has 2 aromatic carbocycles. The number of benzene rings is 2. The van der Waals surface area contributed by atoms with Crippen LogP contribution >= 0.6 is 0 Å². The minimum Gasteiger partial charge on any atom is -0.469 e. The van der Waals surface area contributed by atoms with Gasteiger partial charge in [0.2, 0.25) is 12.7 Å². The first-order chi connectivity index (χ1) is 12.5. The van der Waals surface area contributed by atoms with Gasteiger partial charge in [-0.3, -0.25) is 9.59 Å². The molecule has 1 N–H and O–H groups in total. The van der Waals surface area contributed by atoms with E-state index in [1.54, 1.807) is 18.2 Å². The number of hydrogen-bond donors (Lipinski definition) is 1. The number of carbonyl (C=O) groups excluding carboxylic acids is 2. The number of carbonyl (C=O) groups is 2. The highest BCUT2D eigenvalue weighted by atomic mass is 19.1. The highest BCUT2D eigenvalue weighted by molar-refractivity contribution is 5.80. The lowest BCUT2D eigenvalue weighted by molar-refractivity contribution is -0.141. The molecule has 3 rings (SSSR count). The molecule has 1 aliphatic heterocycles. The third-order valence-corrected chi connectivity index (χ3v) is 4.01. The molecule has 2 aromatic rings. The van der Waals surface area contributed by atoms with Crippen molar-refractivity contribution < 1.29 is 28.2 Å². The molecular weight excluding hydrogens is 341 g/mol. The van der Waals surface area contributed by atoms with Crippen molar-refractivity contribution in [3.05, 3.63) is 59.4 Å². The summed E-state index contributed by atoms with van der Waals surface area (Å²) in [5.41, 5.74) is 1.37. The van der Waals surface area contributed by atoms with Gasteiger partial charge in [-0.2, -0.15) is 0 Å². The number of methoxy groups -OCH3 is 1. The van der Waals surface area contributed by atoms with E-state index < -0.39 is 17.8 Å². The predicted molar refractivity (Wildman–Crippen MR) is 90.2 cm³/mol. The molecule has 26 heavy (non-hydrogen) atoms. The molecular formula is C19H18FNO5. The number of amides is 1. The predicted octanol–water partition coefficient (Wildman–Crippen LogP) is 2.52. The summed E-state index contributed by atoms with van der Waals surface area (Å²) in [7, 11) is 1.28. The monoisotopic (exact) mass is 359 g/mol. The summed E-state index contributed by atoms with van der Waals surface area (Å²) in [5.74, 6) is 0.103. The van der Waals surface area contributed by atoms with Crippen molar-refractivity contribution in [2.75, 3.05) is 13.9 Å². The van der Waals surface area contributed by atoms with Crippen molar-refractivity contribution in [1.82, 2.24) is 5.32 Å². The van der Waals surface area contributed by atoms with Gasteiger partial charge in [-0.15, -0.1) is 0 Å². The van der Waals surface area contributed by atoms with Crippen LogP contribution < -0.4 is 14.8 Å². The molecule has 1 unspecified atom stereocenters. The Balaban J connectivity index is 1.70. The molecule has 1 heterocycles. The number of fused-ring (bicyclic) bond motifs is 1. The van der Waals surface area contributed by atoms with Crippen LogP contribution in [0.25, 0.3) is 0 Å². The maximum atomic E-state index is 13.1. The maximum Gasteiger partial charge on any atom is 0.307 e. The van der Waals surface area contributed by atoms with E-state index in [4.69, 9.17) is 9.47 Å². The topological polar surface area (TPSA) is 73.9 Å². The standard InChI is InChI=1S/C19H18FNO5/c1-24-19(23)10-15(13-3-5-14(20)6-4-13)21-18(22)9-12-2-7-16-17(8-12)26-11-25-16/h2-8,15H,9-11H2,1H3,(H,21,22). The SMILES string of the molecule is COC(=O)CC(NC(=O)Cc1ccc2c(c1)OCO2)c1ccc(F)cc1. The maximum absolute atomic E-state index is 13.1. The van der Waals surface area contributed by atoms with E-state index >= 15 is 0 Å². The summed E-state index contributed by atoms with van der Waals surface area (Å²) in [6.07, 6.45) is 0.0600. The first-order valence-electron chi connectivity index (χ1n) is 8.05. The van der Waals surface area contributed by atoms with Crippen LogP contribution in [0, 0.1) is 5.82 Å². The van der Waals surface area contributed by atoms with Crippen LogP contribution in [0.15, 0.2) is 42.5 Å². The molecule has 0 saturated carbocycles. The number of nitrogens with one attached hydrogen (secondary N) is 1. The van der Waals surface area contributed by atoms with Crippen LogP contribution in [0.1, 0.15) is 23.6 Å². The Bertz CT molecular complexity index is 806. The lowest BCUT2D eigenvalue weighted by Gasteiger charge is -2.18. The van der Waals surface area contributed by atoms with Gasteiger partial charge in [-0.05, 0) is 35.4 Å². The highest BCUT2D eigenvalue weighted by Gasteiger charge is 2.20. The summed E-state index contributed by atoms with van der Waals surface area (Å²) < 4.78 is 28.4. The largest absolute Gasteiger partial charge is 0.469 e. The average molecular weight is 359 g/mol. The zero-order chi connectivity index (χ0) is 18.5. The molecule has 136 valence electrons. The summed E-state index contributed by atoms with van der Waals surface area (Å²) in [4.78, 5) is 24.1. The quantitative estimate of drug-likeness (QED) is 0.803. The fraction of sp³-hybridized carbons (Fsp3) is 0.263. The Hall–Kier alpha value is -3.09. The Morgan fingerprint density at radius 3 is 2.62 bits per heavy atom. The van der Waals surface area contributed by atoms with Gasteiger partial charge in [0, 0.05) is 0 Å². The van der Waals surface area contributed by atoms with Crippen molar-refractivity contribution in [3.8, 4) is 11.5 Å². The molecule has 0 fully saturated rings. The number of esters is 1. The van der Waals surface area contributed by atoms with Crippen LogP contribution in [-0.2, 0) is 20.7 Å². The van der Waals surface area contributed by atoms with Crippen molar-refractivity contribution in [3.63, 3.8) is 0 Å². The number of hydrogen-bond acceptors (Lipinski definition) is 5. The third kappa shape index (κ3) is 4.30. The van der Waals surface area contributed by atoms with Gasteiger partial charge < -0.3 is 19.5 Å². The second-order valence-corrected chi connectivity index (χ2v) is 5.82. The van der Waals surface area contributed by atoms with Crippen molar-refractivity contribution in [2.45, 2.75) is 18.9 Å². The Kier molecular flexibility index (Phi) is 5.36. The molecule has 0 spiro atoms. The molecule has 0 aromatic heterocycles. The lowest BCUT2D eigenvalue weighted by Crippen LogP contribution is -2.31. The minimum atomic E-state index is -0.607. The van der Waals surface area contributed by atoms with Gasteiger partial charge in [-0.25, -0.2) is 4.39 Å². The summed E-state index contributed by atoms with van der Waals surface area (Å²) in [5, 5.41) is 2.80. The van der Waals surface area contributed by atoms with Crippen LogP contribution in [0.4, 0.5) is 4.39 Å². The molecule has 1 aliphatic rings. The molecule has 0 radical (unpaired) electrons. The zero-order valence-corrected chi connectivity index (χ0v) is 14.2. The van der Waals surface area contributed by atoms with E-state index in [-0.39, 0.29) is 25.5 Å². The number of rotatable bonds is 6. The molecule has 7 heteroatoms. The first-order valence-corrected chi connectivity index (χ1v) is 8.05. The fourth-order valence-corrected chi connectivity index (χ4v) is 2.68. The lowest BCUT2D eigenvalue weighted by atomic mass is 10.0. The van der Waals surface area contributed by atoms with Crippen LogP contribution in [-0.4, -0.2) is 25.8 Å². The Morgan fingerprint density at radius 2 is 1.88 bits per heavy atom. The van der Waals surface area contributed by atoms with E-state index in [2.05, 4.69) is 10.1 Å². The van der Waals surface area contributed by atoms with Gasteiger partial charge in [-0.1, -0.05) is 18.2 Å². The summed E-state index contributed by atoms with van der Waals surface area (Å²) in [6.45, 7) is 0.163. The van der Waals surface area contributed by atoms with Crippen LogP contribution in [0.5, 0.6) is 11.5 Å². The Labute approximate surface area is 149 Å². The molecule has 1 atom stereocenters. The van der Waals surface area contributed by atoms with Crippen LogP contribution in [0.3, 0.4) is 0 Å². The average Bonchev–Trinajstić information content (AvgIpc) is 3.09. The van der Waals surface area contributed by atoms with Gasteiger partial charge in [0.05, 0.1) is 26.0 Å². The Morgan fingerprint density at radius 1 is 1.15 bits per heavy atom. The molecule has 6 nitrogen and oxygen atoms in total. The van der Waals surface area contributed by atoms with Crippen LogP contribution in [0.2, 0.25) is 0 Å². The number of halogens is 1. The minimum absolute atomic E-state index is 0.0466. The normalized spacial score (nSPS) is 13.2. The van der Waals surface area contributed by atoms with E-state index in [9.17, 15) is 14.0 Å². The number of ether oxygens (including phenoxy) is 3. The highest BCUT2D eigenvalue weighted by Crippen LogP contribution is 2.32. The smallest absolute Gasteiger partial charge is 0.307 e. The summed E-state index contributed by atoms with van der Waals surface area (Å²) >= 11 is 0. The second kappa shape index (κ2) is 7.86. The van der Waals surface area contributed by atoms with Crippen molar-refractivity contribution >= 4 is 11.9 Å². The zero-order valence-electron chi connectivity index (χ0n) is 14.2. The molecule has 1 amide bonds. The van der Waals surface area contributed by atoms with E-state index in [0.717, 1.165) is 5.56 Å². The van der Waals surface area contributed by atoms with Crippen molar-refractivity contribution in [2.24, 2.45) is 0 Å². The third-order valence-electron chi connectivity index (χ3n) is 4.01. The first kappa shape index (κ1) is 17.7. The van der Waals surface area contributed by atoms with Gasteiger partial charge in [0.1, 0.15) is 5.82 Å². The van der Waals surface area contributed by atoms with Crippen molar-refractivity contribution in [1.29, 1.82) is 0 Å². The van der Waals surface area contributed by atoms with E-state index in [0.29, 0.717) is 17.1 Å². The van der Waals surface area contributed by atoms with Gasteiger partial charge >= 0.3 is 5.97 Å². The second-order valence-electron chi connectivity index (χ2n) is 5.82. The molecule has 0 bridgehead atoms.